The summed E-state index contributed by atoms with van der Waals surface area (Å²) in [5.74, 6) is 0. The van der Waals surface area contributed by atoms with Crippen LogP contribution in [0.5, 0.6) is 0 Å². The highest BCUT2D eigenvalue weighted by Crippen LogP contribution is 2.08. The van der Waals surface area contributed by atoms with E-state index in [1.807, 2.05) is 24.4 Å². The van der Waals surface area contributed by atoms with Gasteiger partial charge in [-0.25, -0.2) is 4.98 Å². The molecule has 0 aliphatic carbocycles. The van der Waals surface area contributed by atoms with Crippen molar-refractivity contribution in [1.29, 1.82) is 0 Å². The van der Waals surface area contributed by atoms with Crippen LogP contribution in [-0.4, -0.2) is 9.55 Å². The molecule has 0 radical (unpaired) electrons. The van der Waals surface area contributed by atoms with Crippen molar-refractivity contribution >= 4 is 11.3 Å². The van der Waals surface area contributed by atoms with Crippen LogP contribution in [0.1, 0.15) is 12.5 Å². The Morgan fingerprint density at radius 2 is 2.43 bits per heavy atom. The normalized spacial score (nSPS) is 10.4. The van der Waals surface area contributed by atoms with E-state index >= 15 is 0 Å². The van der Waals surface area contributed by atoms with Gasteiger partial charge in [0.25, 0.3) is 5.56 Å². The zero-order chi connectivity index (χ0) is 9.97. The molecule has 0 bridgehead atoms. The molecule has 0 saturated carbocycles. The lowest BCUT2D eigenvalue weighted by atomic mass is 10.2. The van der Waals surface area contributed by atoms with E-state index in [2.05, 4.69) is 4.98 Å². The smallest absolute Gasteiger partial charge is 0.260 e. The molecule has 0 unspecified atom stereocenters. The Kier molecular flexibility index (Phi) is 2.45. The number of rotatable bonds is 2. The summed E-state index contributed by atoms with van der Waals surface area (Å²) >= 11 is 1.46. The van der Waals surface area contributed by atoms with Crippen LogP contribution in [-0.2, 0) is 6.42 Å². The Hall–Kier alpha value is -1.42. The van der Waals surface area contributed by atoms with Gasteiger partial charge in [0.15, 0.2) is 5.13 Å². The SMILES string of the molecule is CCc1cccn(-c2nccs2)c1=O. The lowest BCUT2D eigenvalue weighted by Crippen LogP contribution is -2.20. The summed E-state index contributed by atoms with van der Waals surface area (Å²) in [5, 5.41) is 2.59. The van der Waals surface area contributed by atoms with Gasteiger partial charge in [-0.3, -0.25) is 9.36 Å². The second kappa shape index (κ2) is 3.75. The average molecular weight is 206 g/mol. The van der Waals surface area contributed by atoms with Gasteiger partial charge < -0.3 is 0 Å². The molecule has 0 fully saturated rings. The molecule has 14 heavy (non-hydrogen) atoms. The molecule has 2 heterocycles. The topological polar surface area (TPSA) is 34.9 Å². The minimum Gasteiger partial charge on any atom is -0.269 e. The van der Waals surface area contributed by atoms with Crippen LogP contribution < -0.4 is 5.56 Å². The lowest BCUT2D eigenvalue weighted by Gasteiger charge is -2.02. The van der Waals surface area contributed by atoms with Crippen molar-refractivity contribution in [1.82, 2.24) is 9.55 Å². The van der Waals surface area contributed by atoms with E-state index in [1.165, 1.54) is 11.3 Å². The van der Waals surface area contributed by atoms with Gasteiger partial charge in [-0.15, -0.1) is 11.3 Å². The van der Waals surface area contributed by atoms with Crippen LogP contribution in [0.4, 0.5) is 0 Å². The fraction of sp³-hybridized carbons (Fsp3) is 0.200. The zero-order valence-electron chi connectivity index (χ0n) is 7.80. The van der Waals surface area contributed by atoms with Crippen molar-refractivity contribution in [2.75, 3.05) is 0 Å². The van der Waals surface area contributed by atoms with Crippen molar-refractivity contribution in [2.24, 2.45) is 0 Å². The van der Waals surface area contributed by atoms with Gasteiger partial charge in [-0.1, -0.05) is 13.0 Å². The number of aromatic nitrogens is 2. The predicted octanol–water partition coefficient (Wildman–Crippen LogP) is 1.86. The largest absolute Gasteiger partial charge is 0.269 e. The van der Waals surface area contributed by atoms with Gasteiger partial charge >= 0.3 is 0 Å². The molecule has 0 saturated heterocycles. The van der Waals surface area contributed by atoms with E-state index in [0.29, 0.717) is 0 Å². The maximum absolute atomic E-state index is 11.8. The van der Waals surface area contributed by atoms with Crippen LogP contribution >= 0.6 is 11.3 Å². The van der Waals surface area contributed by atoms with Crippen molar-refractivity contribution in [2.45, 2.75) is 13.3 Å². The first-order valence-electron chi connectivity index (χ1n) is 4.43. The zero-order valence-corrected chi connectivity index (χ0v) is 8.62. The first kappa shape index (κ1) is 9.15. The Bertz CT molecular complexity index is 473. The van der Waals surface area contributed by atoms with Crippen LogP contribution in [0.2, 0.25) is 0 Å². The molecule has 4 heteroatoms. The molecule has 0 aliphatic heterocycles. The van der Waals surface area contributed by atoms with Gasteiger partial charge in [0, 0.05) is 23.3 Å². The highest BCUT2D eigenvalue weighted by molar-refractivity contribution is 7.12. The number of hydrogen-bond acceptors (Lipinski definition) is 3. The summed E-state index contributed by atoms with van der Waals surface area (Å²) in [7, 11) is 0. The molecule has 0 amide bonds. The quantitative estimate of drug-likeness (QED) is 0.751. The monoisotopic (exact) mass is 206 g/mol. The maximum Gasteiger partial charge on any atom is 0.260 e. The molecular weight excluding hydrogens is 196 g/mol. The van der Waals surface area contributed by atoms with Crippen LogP contribution in [0.3, 0.4) is 0 Å². The van der Waals surface area contributed by atoms with Crippen molar-refractivity contribution < 1.29 is 0 Å². The van der Waals surface area contributed by atoms with E-state index < -0.39 is 0 Å². The van der Waals surface area contributed by atoms with E-state index in [-0.39, 0.29) is 5.56 Å². The molecule has 0 spiro atoms. The second-order valence-electron chi connectivity index (χ2n) is 2.88. The molecule has 2 aromatic rings. The fourth-order valence-corrected chi connectivity index (χ4v) is 1.92. The van der Waals surface area contributed by atoms with Gasteiger partial charge in [0.05, 0.1) is 0 Å². The molecule has 0 aliphatic rings. The van der Waals surface area contributed by atoms with Gasteiger partial charge in [-0.2, -0.15) is 0 Å². The lowest BCUT2D eigenvalue weighted by molar-refractivity contribution is 0.928. The van der Waals surface area contributed by atoms with Gasteiger partial charge in [0.2, 0.25) is 0 Å². The Balaban J connectivity index is 2.60. The second-order valence-corrected chi connectivity index (χ2v) is 3.75. The van der Waals surface area contributed by atoms with Gasteiger partial charge in [0.1, 0.15) is 0 Å². The Morgan fingerprint density at radius 3 is 3.07 bits per heavy atom. The standard InChI is InChI=1S/C10H10N2OS/c1-2-8-4-3-6-12(9(8)13)10-11-5-7-14-10/h3-7H,2H2,1H3. The molecule has 2 rings (SSSR count). The van der Waals surface area contributed by atoms with Crippen molar-refractivity contribution in [3.8, 4) is 5.13 Å². The summed E-state index contributed by atoms with van der Waals surface area (Å²) in [6, 6.07) is 3.73. The van der Waals surface area contributed by atoms with Crippen molar-refractivity contribution in [3.63, 3.8) is 0 Å². The van der Waals surface area contributed by atoms with Gasteiger partial charge in [-0.05, 0) is 12.5 Å². The molecule has 0 aromatic carbocycles. The van der Waals surface area contributed by atoms with E-state index in [1.54, 1.807) is 17.0 Å². The first-order chi connectivity index (χ1) is 6.83. The maximum atomic E-state index is 11.8. The minimum absolute atomic E-state index is 0.0324. The predicted molar refractivity (Wildman–Crippen MR) is 57.1 cm³/mol. The van der Waals surface area contributed by atoms with Crippen LogP contribution in [0.15, 0.2) is 34.7 Å². The van der Waals surface area contributed by atoms with E-state index in [4.69, 9.17) is 0 Å². The van der Waals surface area contributed by atoms with Crippen LogP contribution in [0.25, 0.3) is 5.13 Å². The molecular formula is C10H10N2OS. The minimum atomic E-state index is 0.0324. The Labute approximate surface area is 85.7 Å². The summed E-state index contributed by atoms with van der Waals surface area (Å²) in [4.78, 5) is 15.9. The molecule has 0 atom stereocenters. The third-order valence-corrected chi connectivity index (χ3v) is 2.80. The van der Waals surface area contributed by atoms with Crippen molar-refractivity contribution in [3.05, 3.63) is 45.8 Å². The molecule has 3 nitrogen and oxygen atoms in total. The number of aryl methyl sites for hydroxylation is 1. The molecule has 72 valence electrons. The van der Waals surface area contributed by atoms with E-state index in [0.717, 1.165) is 17.1 Å². The van der Waals surface area contributed by atoms with Crippen LogP contribution in [0, 0.1) is 0 Å². The summed E-state index contributed by atoms with van der Waals surface area (Å²) < 4.78 is 1.59. The highest BCUT2D eigenvalue weighted by Gasteiger charge is 2.04. The van der Waals surface area contributed by atoms with E-state index in [9.17, 15) is 4.79 Å². The number of thiazole rings is 1. The third-order valence-electron chi connectivity index (χ3n) is 2.03. The highest BCUT2D eigenvalue weighted by atomic mass is 32.1. The number of pyridine rings is 1. The average Bonchev–Trinajstić information content (AvgIpc) is 2.71. The fourth-order valence-electron chi connectivity index (χ4n) is 1.29. The summed E-state index contributed by atoms with van der Waals surface area (Å²) in [5.41, 5.74) is 0.854. The first-order valence-corrected chi connectivity index (χ1v) is 5.31. The Morgan fingerprint density at radius 1 is 1.57 bits per heavy atom. The number of nitrogens with zero attached hydrogens (tertiary/aromatic N) is 2. The summed E-state index contributed by atoms with van der Waals surface area (Å²) in [6.45, 7) is 1.98. The third kappa shape index (κ3) is 1.48. The molecule has 2 aromatic heterocycles. The number of hydrogen-bond donors (Lipinski definition) is 0. The molecule has 0 N–H and O–H groups in total. The summed E-state index contributed by atoms with van der Waals surface area (Å²) in [6.07, 6.45) is 4.20.